The highest BCUT2D eigenvalue weighted by molar-refractivity contribution is 8.00. The zero-order chi connectivity index (χ0) is 17.6. The first-order valence-corrected chi connectivity index (χ1v) is 8.92. The van der Waals surface area contributed by atoms with Crippen LogP contribution in [0.3, 0.4) is 0 Å². The lowest BCUT2D eigenvalue weighted by Gasteiger charge is -2.19. The van der Waals surface area contributed by atoms with Gasteiger partial charge in [-0.25, -0.2) is 0 Å². The molecule has 1 heterocycles. The van der Waals surface area contributed by atoms with Crippen LogP contribution < -0.4 is 5.32 Å². The Kier molecular flexibility index (Phi) is 6.40. The Morgan fingerprint density at radius 2 is 1.96 bits per heavy atom. The Morgan fingerprint density at radius 1 is 1.25 bits per heavy atom. The molecule has 24 heavy (non-hydrogen) atoms. The average Bonchev–Trinajstić information content (AvgIpc) is 2.58. The Morgan fingerprint density at radius 3 is 2.50 bits per heavy atom. The maximum atomic E-state index is 12.1. The second-order valence-electron chi connectivity index (χ2n) is 6.65. The summed E-state index contributed by atoms with van der Waals surface area (Å²) in [5, 5.41) is 12.3. The van der Waals surface area contributed by atoms with Gasteiger partial charge >= 0.3 is 0 Å². The van der Waals surface area contributed by atoms with Crippen molar-refractivity contribution in [2.45, 2.75) is 37.1 Å². The molecule has 2 N–H and O–H groups in total. The van der Waals surface area contributed by atoms with E-state index in [9.17, 15) is 9.90 Å². The van der Waals surface area contributed by atoms with Crippen LogP contribution >= 0.6 is 11.8 Å². The summed E-state index contributed by atoms with van der Waals surface area (Å²) in [6.07, 6.45) is 3.32. The fourth-order valence-electron chi connectivity index (χ4n) is 2.25. The number of carbonyl (C=O) groups excluding carboxylic acids is 1. The number of nitrogens with zero attached hydrogens (tertiary/aromatic N) is 1. The van der Waals surface area contributed by atoms with Crippen LogP contribution in [-0.2, 0) is 10.2 Å². The van der Waals surface area contributed by atoms with E-state index < -0.39 is 6.04 Å². The van der Waals surface area contributed by atoms with Crippen molar-refractivity contribution in [3.63, 3.8) is 0 Å². The Hall–Kier alpha value is -1.85. The number of carbonyl (C=O) groups is 1. The van der Waals surface area contributed by atoms with Crippen molar-refractivity contribution in [2.24, 2.45) is 0 Å². The number of aromatic nitrogens is 1. The van der Waals surface area contributed by atoms with Crippen molar-refractivity contribution in [3.8, 4) is 0 Å². The van der Waals surface area contributed by atoms with Gasteiger partial charge < -0.3 is 10.4 Å². The molecule has 128 valence electrons. The maximum absolute atomic E-state index is 12.1. The van der Waals surface area contributed by atoms with Crippen LogP contribution in [0.4, 0.5) is 0 Å². The molecular weight excluding hydrogens is 320 g/mol. The second kappa shape index (κ2) is 8.31. The normalized spacial score (nSPS) is 12.7. The van der Waals surface area contributed by atoms with Crippen molar-refractivity contribution in [3.05, 3.63) is 59.9 Å². The molecule has 4 nitrogen and oxygen atoms in total. The fourth-order valence-corrected chi connectivity index (χ4v) is 2.96. The molecule has 0 spiro atoms. The number of benzene rings is 1. The minimum atomic E-state index is -0.421. The van der Waals surface area contributed by atoms with Gasteiger partial charge in [-0.3, -0.25) is 9.78 Å². The number of hydrogen-bond donors (Lipinski definition) is 2. The Labute approximate surface area is 147 Å². The highest BCUT2D eigenvalue weighted by Gasteiger charge is 2.15. The molecule has 0 aliphatic heterocycles. The minimum Gasteiger partial charge on any atom is -0.394 e. The number of nitrogens with one attached hydrogen (secondary N) is 1. The molecular formula is C19H24N2O2S. The van der Waals surface area contributed by atoms with E-state index in [4.69, 9.17) is 0 Å². The molecule has 2 rings (SSSR count). The number of aliphatic hydroxyl groups excluding tert-OH is 1. The van der Waals surface area contributed by atoms with Gasteiger partial charge in [0.2, 0.25) is 5.91 Å². The van der Waals surface area contributed by atoms with Crippen molar-refractivity contribution in [2.75, 3.05) is 12.4 Å². The van der Waals surface area contributed by atoms with Crippen molar-refractivity contribution in [1.29, 1.82) is 0 Å². The number of rotatable bonds is 6. The van der Waals surface area contributed by atoms with Crippen LogP contribution in [-0.4, -0.2) is 28.4 Å². The van der Waals surface area contributed by atoms with Gasteiger partial charge in [-0.2, -0.15) is 0 Å². The zero-order valence-corrected chi connectivity index (χ0v) is 15.1. The molecule has 1 atom stereocenters. The Bertz CT molecular complexity index is 651. The highest BCUT2D eigenvalue weighted by Crippen LogP contribution is 2.25. The summed E-state index contributed by atoms with van der Waals surface area (Å²) in [6.45, 7) is 6.38. The van der Waals surface area contributed by atoms with Crippen LogP contribution in [0.2, 0.25) is 0 Å². The molecule has 1 unspecified atom stereocenters. The molecule has 1 aromatic carbocycles. The van der Waals surface area contributed by atoms with Crippen LogP contribution in [0.15, 0.2) is 53.7 Å². The summed E-state index contributed by atoms with van der Waals surface area (Å²) in [5.41, 5.74) is 2.19. The number of pyridine rings is 1. The summed E-state index contributed by atoms with van der Waals surface area (Å²) in [5.74, 6) is 0.203. The number of hydrogen-bond acceptors (Lipinski definition) is 4. The topological polar surface area (TPSA) is 62.2 Å². The van der Waals surface area contributed by atoms with E-state index in [0.717, 1.165) is 10.5 Å². The molecule has 0 radical (unpaired) electrons. The molecule has 5 heteroatoms. The molecule has 1 aromatic heterocycles. The van der Waals surface area contributed by atoms with Crippen molar-refractivity contribution < 1.29 is 9.90 Å². The van der Waals surface area contributed by atoms with Gasteiger partial charge in [-0.15, -0.1) is 11.8 Å². The van der Waals surface area contributed by atoms with E-state index >= 15 is 0 Å². The van der Waals surface area contributed by atoms with Crippen LogP contribution in [0.5, 0.6) is 0 Å². The number of aliphatic hydroxyl groups is 1. The summed E-state index contributed by atoms with van der Waals surface area (Å²) in [6, 6.07) is 11.5. The molecule has 0 saturated heterocycles. The van der Waals surface area contributed by atoms with Gasteiger partial charge in [0.05, 0.1) is 18.4 Å². The monoisotopic (exact) mass is 344 g/mol. The molecule has 0 bridgehead atoms. The lowest BCUT2D eigenvalue weighted by atomic mass is 9.87. The first kappa shape index (κ1) is 18.5. The standard InChI is InChI=1S/C19H24N2O2S/c1-19(2,3)15-6-8-16(9-7-15)24-13-18(23)21-17(12-22)14-5-4-10-20-11-14/h4-11,17,22H,12-13H2,1-3H3,(H,21,23). The van der Waals surface area contributed by atoms with E-state index in [1.807, 2.05) is 18.2 Å². The van der Waals surface area contributed by atoms with E-state index in [2.05, 4.69) is 43.2 Å². The van der Waals surface area contributed by atoms with E-state index in [0.29, 0.717) is 5.75 Å². The molecule has 0 aliphatic carbocycles. The van der Waals surface area contributed by atoms with Gasteiger partial charge in [0, 0.05) is 17.3 Å². The predicted molar refractivity (Wildman–Crippen MR) is 98.1 cm³/mol. The van der Waals surface area contributed by atoms with E-state index in [1.165, 1.54) is 17.3 Å². The van der Waals surface area contributed by atoms with Gasteiger partial charge in [-0.05, 0) is 34.7 Å². The van der Waals surface area contributed by atoms with Crippen molar-refractivity contribution in [1.82, 2.24) is 10.3 Å². The molecule has 0 aliphatic rings. The maximum Gasteiger partial charge on any atom is 0.230 e. The van der Waals surface area contributed by atoms with Gasteiger partial charge in [0.1, 0.15) is 0 Å². The lowest BCUT2D eigenvalue weighted by molar-refractivity contribution is -0.119. The van der Waals surface area contributed by atoms with Crippen LogP contribution in [0.25, 0.3) is 0 Å². The third-order valence-electron chi connectivity index (χ3n) is 3.69. The smallest absolute Gasteiger partial charge is 0.230 e. The predicted octanol–water partition coefficient (Wildman–Crippen LogP) is 3.32. The van der Waals surface area contributed by atoms with Gasteiger partial charge in [0.25, 0.3) is 0 Å². The third kappa shape index (κ3) is 5.35. The first-order valence-electron chi connectivity index (χ1n) is 7.93. The third-order valence-corrected chi connectivity index (χ3v) is 4.71. The zero-order valence-electron chi connectivity index (χ0n) is 14.3. The van der Waals surface area contributed by atoms with Crippen LogP contribution in [0.1, 0.15) is 37.9 Å². The second-order valence-corrected chi connectivity index (χ2v) is 7.70. The lowest BCUT2D eigenvalue weighted by Crippen LogP contribution is -2.32. The number of thioether (sulfide) groups is 1. The molecule has 0 fully saturated rings. The van der Waals surface area contributed by atoms with E-state index in [1.54, 1.807) is 18.5 Å². The largest absolute Gasteiger partial charge is 0.394 e. The SMILES string of the molecule is CC(C)(C)c1ccc(SCC(=O)NC(CO)c2cccnc2)cc1. The Balaban J connectivity index is 1.88. The van der Waals surface area contributed by atoms with E-state index in [-0.39, 0.29) is 17.9 Å². The highest BCUT2D eigenvalue weighted by atomic mass is 32.2. The molecule has 1 amide bonds. The fraction of sp³-hybridized carbons (Fsp3) is 0.368. The average molecular weight is 344 g/mol. The summed E-state index contributed by atoms with van der Waals surface area (Å²) < 4.78 is 0. The minimum absolute atomic E-state index is 0.109. The molecule has 2 aromatic rings. The number of amides is 1. The van der Waals surface area contributed by atoms with Gasteiger partial charge in [-0.1, -0.05) is 39.0 Å². The molecule has 0 saturated carbocycles. The summed E-state index contributed by atoms with van der Waals surface area (Å²) in [4.78, 5) is 17.2. The first-order chi connectivity index (χ1) is 11.4. The van der Waals surface area contributed by atoms with Crippen LogP contribution in [0, 0.1) is 0 Å². The van der Waals surface area contributed by atoms with Gasteiger partial charge in [0.15, 0.2) is 0 Å². The van der Waals surface area contributed by atoms with Crippen molar-refractivity contribution >= 4 is 17.7 Å². The quantitative estimate of drug-likeness (QED) is 0.789. The summed E-state index contributed by atoms with van der Waals surface area (Å²) in [7, 11) is 0. The summed E-state index contributed by atoms with van der Waals surface area (Å²) >= 11 is 1.49.